The Bertz CT molecular complexity index is 569. The first-order valence-electron chi connectivity index (χ1n) is 8.86. The Morgan fingerprint density at radius 1 is 1.20 bits per heavy atom. The summed E-state index contributed by atoms with van der Waals surface area (Å²) in [5.74, 6) is 1.25. The predicted octanol–water partition coefficient (Wildman–Crippen LogP) is 2.89. The molecule has 0 saturated carbocycles. The summed E-state index contributed by atoms with van der Waals surface area (Å²) in [5.41, 5.74) is 0.862. The summed E-state index contributed by atoms with van der Waals surface area (Å²) >= 11 is 0. The van der Waals surface area contributed by atoms with Crippen LogP contribution in [-0.4, -0.2) is 61.3 Å². The molecule has 2 saturated heterocycles. The van der Waals surface area contributed by atoms with Gasteiger partial charge in [0.05, 0.1) is 6.61 Å². The largest absolute Gasteiger partial charge is 0.484 e. The molecule has 6 heteroatoms. The normalized spacial score (nSPS) is 19.9. The first-order valence-corrected chi connectivity index (χ1v) is 8.86. The van der Waals surface area contributed by atoms with Crippen LogP contribution in [0.2, 0.25) is 0 Å². The van der Waals surface area contributed by atoms with Gasteiger partial charge < -0.3 is 19.3 Å². The van der Waals surface area contributed by atoms with E-state index in [9.17, 15) is 4.79 Å². The molecule has 0 radical (unpaired) electrons. The average Bonchev–Trinajstić information content (AvgIpc) is 2.99. The molecule has 1 spiro atoms. The first kappa shape index (κ1) is 20.0. The summed E-state index contributed by atoms with van der Waals surface area (Å²) in [7, 11) is 2.11. The van der Waals surface area contributed by atoms with Gasteiger partial charge in [0.1, 0.15) is 11.5 Å². The van der Waals surface area contributed by atoms with Gasteiger partial charge in [-0.1, -0.05) is 26.0 Å². The molecule has 2 fully saturated rings. The van der Waals surface area contributed by atoms with Crippen LogP contribution in [0.1, 0.15) is 38.2 Å². The van der Waals surface area contributed by atoms with Crippen molar-refractivity contribution in [3.63, 3.8) is 0 Å². The monoisotopic (exact) mass is 368 g/mol. The van der Waals surface area contributed by atoms with Crippen LogP contribution in [0.25, 0.3) is 0 Å². The third-order valence-corrected chi connectivity index (χ3v) is 5.16. The maximum atomic E-state index is 12.7. The molecule has 25 heavy (non-hydrogen) atoms. The van der Waals surface area contributed by atoms with Crippen LogP contribution < -0.4 is 4.74 Å². The second-order valence-corrected chi connectivity index (χ2v) is 7.16. The fraction of sp³-hybridized carbons (Fsp3) is 0.632. The van der Waals surface area contributed by atoms with Gasteiger partial charge in [0.25, 0.3) is 5.91 Å². The van der Waals surface area contributed by atoms with Crippen molar-refractivity contribution in [2.75, 3.05) is 39.9 Å². The highest BCUT2D eigenvalue weighted by Gasteiger charge is 2.46. The Morgan fingerprint density at radius 2 is 1.84 bits per heavy atom. The summed E-state index contributed by atoms with van der Waals surface area (Å²) in [5, 5.41) is 0. The molecule has 1 aromatic carbocycles. The third kappa shape index (κ3) is 4.46. The van der Waals surface area contributed by atoms with Crippen molar-refractivity contribution in [3.05, 3.63) is 29.8 Å². The molecule has 2 aliphatic heterocycles. The van der Waals surface area contributed by atoms with Gasteiger partial charge >= 0.3 is 0 Å². The smallest absolute Gasteiger partial charge is 0.262 e. The molecule has 0 unspecified atom stereocenters. The van der Waals surface area contributed by atoms with E-state index in [0.29, 0.717) is 19.1 Å². The van der Waals surface area contributed by atoms with Gasteiger partial charge in [-0.2, -0.15) is 0 Å². The number of rotatable bonds is 4. The lowest BCUT2D eigenvalue weighted by Crippen LogP contribution is -2.55. The molecule has 1 amide bonds. The zero-order chi connectivity index (χ0) is 17.2. The molecular formula is C19H29ClN2O3. The Hall–Kier alpha value is -1.30. The lowest BCUT2D eigenvalue weighted by atomic mass is 9.99. The summed E-state index contributed by atoms with van der Waals surface area (Å²) in [6.45, 7) is 7.60. The zero-order valence-electron chi connectivity index (χ0n) is 15.4. The quantitative estimate of drug-likeness (QED) is 0.819. The second kappa shape index (κ2) is 8.39. The van der Waals surface area contributed by atoms with Crippen molar-refractivity contribution in [2.24, 2.45) is 0 Å². The van der Waals surface area contributed by atoms with Crippen molar-refractivity contribution in [2.45, 2.75) is 38.3 Å². The van der Waals surface area contributed by atoms with E-state index in [1.165, 1.54) is 5.56 Å². The molecule has 0 aromatic heterocycles. The number of likely N-dealkylation sites (tertiary alicyclic amines) is 1. The number of halogens is 1. The fourth-order valence-electron chi connectivity index (χ4n) is 3.51. The molecule has 0 N–H and O–H groups in total. The number of piperidine rings is 1. The average molecular weight is 369 g/mol. The van der Waals surface area contributed by atoms with Gasteiger partial charge in [-0.3, -0.25) is 4.79 Å². The van der Waals surface area contributed by atoms with E-state index < -0.39 is 5.72 Å². The Labute approximate surface area is 156 Å². The van der Waals surface area contributed by atoms with Crippen LogP contribution >= 0.6 is 12.4 Å². The van der Waals surface area contributed by atoms with E-state index in [0.717, 1.165) is 31.7 Å². The van der Waals surface area contributed by atoms with Gasteiger partial charge in [0.15, 0.2) is 6.61 Å². The molecule has 1 aromatic rings. The fourth-order valence-corrected chi connectivity index (χ4v) is 3.51. The lowest BCUT2D eigenvalue weighted by molar-refractivity contribution is -0.159. The first-order chi connectivity index (χ1) is 11.5. The molecule has 140 valence electrons. The summed E-state index contributed by atoms with van der Waals surface area (Å²) < 4.78 is 11.7. The topological polar surface area (TPSA) is 42.0 Å². The van der Waals surface area contributed by atoms with Gasteiger partial charge in [-0.25, -0.2) is 0 Å². The molecule has 0 atom stereocenters. The molecule has 3 rings (SSSR count). The maximum absolute atomic E-state index is 12.7. The SMILES string of the molecule is CC(C)c1ccc(OCC(=O)N2CCOC23CCN(C)CC3)cc1.Cl. The number of hydrogen-bond acceptors (Lipinski definition) is 4. The van der Waals surface area contributed by atoms with E-state index in [-0.39, 0.29) is 24.9 Å². The van der Waals surface area contributed by atoms with Crippen molar-refractivity contribution >= 4 is 18.3 Å². The highest BCUT2D eigenvalue weighted by molar-refractivity contribution is 5.85. The lowest BCUT2D eigenvalue weighted by Gasteiger charge is -2.42. The van der Waals surface area contributed by atoms with Crippen LogP contribution in [-0.2, 0) is 9.53 Å². The second-order valence-electron chi connectivity index (χ2n) is 7.16. The van der Waals surface area contributed by atoms with Crippen molar-refractivity contribution < 1.29 is 14.3 Å². The number of hydrogen-bond donors (Lipinski definition) is 0. The number of amides is 1. The molecule has 5 nitrogen and oxygen atoms in total. The number of nitrogens with zero attached hydrogens (tertiary/aromatic N) is 2. The van der Waals surface area contributed by atoms with Crippen LogP contribution in [0.4, 0.5) is 0 Å². The van der Waals surface area contributed by atoms with Crippen LogP contribution in [0.15, 0.2) is 24.3 Å². The molecule has 0 aliphatic carbocycles. The molecular weight excluding hydrogens is 340 g/mol. The number of ether oxygens (including phenoxy) is 2. The minimum absolute atomic E-state index is 0. The van der Waals surface area contributed by atoms with Crippen LogP contribution in [0, 0.1) is 0 Å². The van der Waals surface area contributed by atoms with Gasteiger partial charge in [-0.05, 0) is 30.7 Å². The van der Waals surface area contributed by atoms with Crippen LogP contribution in [0.5, 0.6) is 5.75 Å². The highest BCUT2D eigenvalue weighted by Crippen LogP contribution is 2.34. The number of carbonyl (C=O) groups is 1. The summed E-state index contributed by atoms with van der Waals surface area (Å²) in [4.78, 5) is 16.8. The minimum Gasteiger partial charge on any atom is -0.484 e. The third-order valence-electron chi connectivity index (χ3n) is 5.16. The highest BCUT2D eigenvalue weighted by atomic mass is 35.5. The Balaban J connectivity index is 0.00000225. The Kier molecular flexibility index (Phi) is 6.72. The molecule has 0 bridgehead atoms. The van der Waals surface area contributed by atoms with E-state index >= 15 is 0 Å². The van der Waals surface area contributed by atoms with E-state index in [1.807, 2.05) is 17.0 Å². The number of carbonyl (C=O) groups excluding carboxylic acids is 1. The zero-order valence-corrected chi connectivity index (χ0v) is 16.2. The van der Waals surface area contributed by atoms with E-state index in [4.69, 9.17) is 9.47 Å². The van der Waals surface area contributed by atoms with Crippen LogP contribution in [0.3, 0.4) is 0 Å². The van der Waals surface area contributed by atoms with E-state index in [1.54, 1.807) is 0 Å². The minimum atomic E-state index is -0.408. The van der Waals surface area contributed by atoms with Gasteiger partial charge in [0, 0.05) is 32.5 Å². The standard InChI is InChI=1S/C19H28N2O3.ClH/c1-15(2)16-4-6-17(7-5-16)23-14-18(22)21-12-13-24-19(21)8-10-20(3)11-9-19;/h4-7,15H,8-14H2,1-3H3;1H. The predicted molar refractivity (Wildman–Crippen MR) is 100 cm³/mol. The number of benzene rings is 1. The summed E-state index contributed by atoms with van der Waals surface area (Å²) in [6, 6.07) is 7.99. The van der Waals surface area contributed by atoms with Crippen molar-refractivity contribution in [1.82, 2.24) is 9.80 Å². The van der Waals surface area contributed by atoms with Crippen molar-refractivity contribution in [1.29, 1.82) is 0 Å². The Morgan fingerprint density at radius 3 is 2.44 bits per heavy atom. The molecule has 2 aliphatic rings. The van der Waals surface area contributed by atoms with Gasteiger partial charge in [0.2, 0.25) is 0 Å². The molecule has 2 heterocycles. The van der Waals surface area contributed by atoms with Gasteiger partial charge in [-0.15, -0.1) is 12.4 Å². The van der Waals surface area contributed by atoms with E-state index in [2.05, 4.69) is 37.9 Å². The summed E-state index contributed by atoms with van der Waals surface area (Å²) in [6.07, 6.45) is 1.75. The van der Waals surface area contributed by atoms with Crippen molar-refractivity contribution in [3.8, 4) is 5.75 Å². The maximum Gasteiger partial charge on any atom is 0.262 e.